The van der Waals surface area contributed by atoms with Gasteiger partial charge in [0.25, 0.3) is 0 Å². The molecule has 0 aliphatic carbocycles. The number of hydrogen-bond donors (Lipinski definition) is 1. The fourth-order valence-electron chi connectivity index (χ4n) is 2.24. The summed E-state index contributed by atoms with van der Waals surface area (Å²) in [6, 6.07) is 4.77. The van der Waals surface area contributed by atoms with E-state index in [9.17, 15) is 18.0 Å². The van der Waals surface area contributed by atoms with Crippen LogP contribution in [0.25, 0.3) is 0 Å². The van der Waals surface area contributed by atoms with Crippen molar-refractivity contribution in [3.63, 3.8) is 0 Å². The van der Waals surface area contributed by atoms with Crippen molar-refractivity contribution in [2.24, 2.45) is 0 Å². The molecule has 18 heavy (non-hydrogen) atoms. The molecule has 1 heterocycles. The Labute approximate surface area is 102 Å². The summed E-state index contributed by atoms with van der Waals surface area (Å²) < 4.78 is 42.0. The summed E-state index contributed by atoms with van der Waals surface area (Å²) in [7, 11) is 1.21. The van der Waals surface area contributed by atoms with Crippen LogP contribution in [0, 0.1) is 0 Å². The number of benzene rings is 1. The van der Waals surface area contributed by atoms with E-state index in [2.05, 4.69) is 10.1 Å². The molecule has 1 aromatic carbocycles. The number of esters is 1. The van der Waals surface area contributed by atoms with E-state index >= 15 is 0 Å². The molecule has 1 unspecified atom stereocenters. The Bertz CT molecular complexity index is 471. The first kappa shape index (κ1) is 12.7. The molecular weight excluding hydrogens is 247 g/mol. The van der Waals surface area contributed by atoms with Gasteiger partial charge in [0, 0.05) is 18.2 Å². The molecule has 0 bridgehead atoms. The maximum atomic E-state index is 12.5. The van der Waals surface area contributed by atoms with Gasteiger partial charge in [-0.05, 0) is 17.7 Å². The van der Waals surface area contributed by atoms with E-state index in [1.165, 1.54) is 13.2 Å². The Morgan fingerprint density at radius 1 is 1.50 bits per heavy atom. The molecule has 0 spiro atoms. The monoisotopic (exact) mass is 259 g/mol. The van der Waals surface area contributed by atoms with Crippen LogP contribution >= 0.6 is 0 Å². The van der Waals surface area contributed by atoms with Crippen molar-refractivity contribution < 1.29 is 22.7 Å². The molecule has 3 nitrogen and oxygen atoms in total. The van der Waals surface area contributed by atoms with Crippen LogP contribution in [0.3, 0.4) is 0 Å². The summed E-state index contributed by atoms with van der Waals surface area (Å²) >= 11 is 0. The number of fused-ring (bicyclic) bond motifs is 1. The third kappa shape index (κ3) is 2.42. The standard InChI is InChI=1S/C12H12F3NO2/c1-18-11(17)8-3-2-4-9-10(8)7(6-16-9)5-12(13,14)15/h2-4,7,16H,5-6H2,1H3. The Kier molecular flexibility index (Phi) is 3.19. The lowest BCUT2D eigenvalue weighted by molar-refractivity contribution is -0.137. The molecule has 0 amide bonds. The van der Waals surface area contributed by atoms with Gasteiger partial charge in [0.2, 0.25) is 0 Å². The number of nitrogens with one attached hydrogen (secondary N) is 1. The first-order valence-corrected chi connectivity index (χ1v) is 5.44. The first-order chi connectivity index (χ1) is 8.42. The Morgan fingerprint density at radius 2 is 2.22 bits per heavy atom. The molecule has 0 saturated heterocycles. The topological polar surface area (TPSA) is 38.3 Å². The van der Waals surface area contributed by atoms with Gasteiger partial charge in [-0.2, -0.15) is 13.2 Å². The summed E-state index contributed by atoms with van der Waals surface area (Å²) in [4.78, 5) is 11.6. The second-order valence-corrected chi connectivity index (χ2v) is 4.16. The van der Waals surface area contributed by atoms with Gasteiger partial charge in [-0.1, -0.05) is 6.07 Å². The van der Waals surface area contributed by atoms with Crippen molar-refractivity contribution in [3.8, 4) is 0 Å². The van der Waals surface area contributed by atoms with E-state index in [1.807, 2.05) is 0 Å². The van der Waals surface area contributed by atoms with Gasteiger partial charge in [-0.15, -0.1) is 0 Å². The maximum Gasteiger partial charge on any atom is 0.389 e. The Balaban J connectivity index is 2.38. The fraction of sp³-hybridized carbons (Fsp3) is 0.417. The summed E-state index contributed by atoms with van der Waals surface area (Å²) in [5, 5.41) is 2.88. The largest absolute Gasteiger partial charge is 0.465 e. The van der Waals surface area contributed by atoms with Gasteiger partial charge in [0.05, 0.1) is 19.1 Å². The SMILES string of the molecule is COC(=O)c1cccc2c1C(CC(F)(F)F)CN2. The third-order valence-electron chi connectivity index (χ3n) is 2.94. The molecular formula is C12H12F3NO2. The van der Waals surface area contributed by atoms with Crippen molar-refractivity contribution in [1.29, 1.82) is 0 Å². The maximum absolute atomic E-state index is 12.5. The highest BCUT2D eigenvalue weighted by Crippen LogP contribution is 2.40. The second kappa shape index (κ2) is 4.51. The Hall–Kier alpha value is -1.72. The van der Waals surface area contributed by atoms with Crippen LogP contribution in [0.15, 0.2) is 18.2 Å². The van der Waals surface area contributed by atoms with E-state index in [0.717, 1.165) is 0 Å². The lowest BCUT2D eigenvalue weighted by Crippen LogP contribution is -2.17. The summed E-state index contributed by atoms with van der Waals surface area (Å²) in [6.45, 7) is 0.183. The van der Waals surface area contributed by atoms with Crippen LogP contribution in [0.1, 0.15) is 28.3 Å². The third-order valence-corrected chi connectivity index (χ3v) is 2.94. The molecule has 0 aromatic heterocycles. The number of carbonyl (C=O) groups is 1. The highest BCUT2D eigenvalue weighted by Gasteiger charge is 2.37. The number of anilines is 1. The molecule has 1 atom stereocenters. The molecule has 1 aliphatic heterocycles. The molecule has 0 saturated carbocycles. The molecule has 1 aliphatic rings. The molecule has 6 heteroatoms. The molecule has 0 fully saturated rings. The van der Waals surface area contributed by atoms with Crippen molar-refractivity contribution in [3.05, 3.63) is 29.3 Å². The summed E-state index contributed by atoms with van der Waals surface area (Å²) in [5.74, 6) is -1.35. The van der Waals surface area contributed by atoms with Crippen LogP contribution in [-0.4, -0.2) is 25.8 Å². The van der Waals surface area contributed by atoms with Crippen LogP contribution in [0.2, 0.25) is 0 Å². The lowest BCUT2D eigenvalue weighted by Gasteiger charge is -2.15. The van der Waals surface area contributed by atoms with Gasteiger partial charge in [0.15, 0.2) is 0 Å². The van der Waals surface area contributed by atoms with Gasteiger partial charge in [0.1, 0.15) is 0 Å². The van der Waals surface area contributed by atoms with E-state index in [-0.39, 0.29) is 12.1 Å². The van der Waals surface area contributed by atoms with E-state index < -0.39 is 24.5 Å². The quantitative estimate of drug-likeness (QED) is 0.830. The van der Waals surface area contributed by atoms with Crippen molar-refractivity contribution >= 4 is 11.7 Å². The molecule has 98 valence electrons. The van der Waals surface area contributed by atoms with Crippen LogP contribution in [-0.2, 0) is 4.74 Å². The summed E-state index contributed by atoms with van der Waals surface area (Å²) in [6.07, 6.45) is -5.20. The predicted octanol–water partition coefficient (Wildman–Crippen LogP) is 2.93. The molecule has 1 aromatic rings. The number of methoxy groups -OCH3 is 1. The Morgan fingerprint density at radius 3 is 2.83 bits per heavy atom. The van der Waals surface area contributed by atoms with E-state index in [1.54, 1.807) is 12.1 Å². The predicted molar refractivity (Wildman–Crippen MR) is 59.7 cm³/mol. The normalized spacial score (nSPS) is 18.1. The number of hydrogen-bond acceptors (Lipinski definition) is 3. The zero-order chi connectivity index (χ0) is 13.3. The van der Waals surface area contributed by atoms with Gasteiger partial charge >= 0.3 is 12.1 Å². The molecule has 0 radical (unpaired) electrons. The van der Waals surface area contributed by atoms with Crippen molar-refractivity contribution in [2.75, 3.05) is 19.0 Å². The first-order valence-electron chi connectivity index (χ1n) is 5.44. The summed E-state index contributed by atoms with van der Waals surface area (Å²) in [5.41, 5.74) is 1.18. The van der Waals surface area contributed by atoms with Gasteiger partial charge in [-0.3, -0.25) is 0 Å². The zero-order valence-electron chi connectivity index (χ0n) is 9.67. The molecule has 1 N–H and O–H groups in total. The molecule has 2 rings (SSSR count). The van der Waals surface area contributed by atoms with Crippen LogP contribution in [0.5, 0.6) is 0 Å². The number of ether oxygens (including phenoxy) is 1. The number of carbonyl (C=O) groups excluding carboxylic acids is 1. The van der Waals surface area contributed by atoms with Gasteiger partial charge in [-0.25, -0.2) is 4.79 Å². The van der Waals surface area contributed by atoms with Gasteiger partial charge < -0.3 is 10.1 Å². The highest BCUT2D eigenvalue weighted by atomic mass is 19.4. The average Bonchev–Trinajstić information content (AvgIpc) is 2.69. The van der Waals surface area contributed by atoms with Crippen molar-refractivity contribution in [2.45, 2.75) is 18.5 Å². The number of rotatable bonds is 2. The smallest absolute Gasteiger partial charge is 0.389 e. The highest BCUT2D eigenvalue weighted by molar-refractivity contribution is 5.93. The van der Waals surface area contributed by atoms with E-state index in [4.69, 9.17) is 0 Å². The number of halogens is 3. The second-order valence-electron chi connectivity index (χ2n) is 4.16. The zero-order valence-corrected chi connectivity index (χ0v) is 9.67. The number of alkyl halides is 3. The minimum atomic E-state index is -4.25. The lowest BCUT2D eigenvalue weighted by atomic mass is 9.93. The average molecular weight is 259 g/mol. The van der Waals surface area contributed by atoms with Crippen LogP contribution < -0.4 is 5.32 Å². The minimum Gasteiger partial charge on any atom is -0.465 e. The van der Waals surface area contributed by atoms with Crippen LogP contribution in [0.4, 0.5) is 18.9 Å². The van der Waals surface area contributed by atoms with E-state index in [0.29, 0.717) is 11.3 Å². The van der Waals surface area contributed by atoms with Crippen molar-refractivity contribution in [1.82, 2.24) is 0 Å². The fourth-order valence-corrected chi connectivity index (χ4v) is 2.24. The minimum absolute atomic E-state index is 0.183.